The van der Waals surface area contributed by atoms with Crippen molar-refractivity contribution in [2.75, 3.05) is 0 Å². The molecular formula is C12H13IN4O2. The first-order chi connectivity index (χ1) is 9.00. The highest BCUT2D eigenvalue weighted by molar-refractivity contribution is 14.1. The van der Waals surface area contributed by atoms with Crippen molar-refractivity contribution in [3.8, 4) is 11.4 Å². The van der Waals surface area contributed by atoms with Gasteiger partial charge in [-0.05, 0) is 59.0 Å². The van der Waals surface area contributed by atoms with Gasteiger partial charge in [-0.3, -0.25) is 4.79 Å². The zero-order chi connectivity index (χ0) is 14.0. The van der Waals surface area contributed by atoms with Gasteiger partial charge in [0.2, 0.25) is 0 Å². The zero-order valence-corrected chi connectivity index (χ0v) is 12.6. The second kappa shape index (κ2) is 5.64. The van der Waals surface area contributed by atoms with Crippen LogP contribution in [0.2, 0.25) is 0 Å². The number of aliphatic carboxylic acids is 1. The lowest BCUT2D eigenvalue weighted by molar-refractivity contribution is -0.142. The van der Waals surface area contributed by atoms with Crippen LogP contribution < -0.4 is 0 Å². The number of hydrogen-bond donors (Lipinski definition) is 1. The topological polar surface area (TPSA) is 80.9 Å². The average molecular weight is 372 g/mol. The summed E-state index contributed by atoms with van der Waals surface area (Å²) in [4.78, 5) is 11.1. The maximum absolute atomic E-state index is 11.1. The number of carboxylic acids is 1. The van der Waals surface area contributed by atoms with Crippen LogP contribution in [-0.4, -0.2) is 31.3 Å². The lowest BCUT2D eigenvalue weighted by Crippen LogP contribution is -2.23. The fourth-order valence-electron chi connectivity index (χ4n) is 1.70. The van der Waals surface area contributed by atoms with Gasteiger partial charge in [-0.1, -0.05) is 12.1 Å². The third-order valence-corrected chi connectivity index (χ3v) is 3.75. The van der Waals surface area contributed by atoms with Gasteiger partial charge in [-0.15, -0.1) is 5.10 Å². The number of nitrogens with zero attached hydrogens (tertiary/aromatic N) is 4. The highest BCUT2D eigenvalue weighted by atomic mass is 127. The van der Waals surface area contributed by atoms with Gasteiger partial charge < -0.3 is 5.11 Å². The van der Waals surface area contributed by atoms with E-state index in [2.05, 4.69) is 38.1 Å². The van der Waals surface area contributed by atoms with E-state index >= 15 is 0 Å². The minimum Gasteiger partial charge on any atom is -0.481 e. The Kier molecular flexibility index (Phi) is 4.13. The first kappa shape index (κ1) is 13.9. The first-order valence-corrected chi connectivity index (χ1v) is 6.85. The Morgan fingerprint density at radius 1 is 1.42 bits per heavy atom. The number of hydrogen-bond acceptors (Lipinski definition) is 4. The molecule has 0 aliphatic rings. The molecule has 1 N–H and O–H groups in total. The molecule has 1 aromatic heterocycles. The maximum atomic E-state index is 11.1. The quantitative estimate of drug-likeness (QED) is 0.833. The average Bonchev–Trinajstić information content (AvgIpc) is 2.86. The summed E-state index contributed by atoms with van der Waals surface area (Å²) in [5.74, 6) is -0.847. The molecule has 0 bridgehead atoms. The molecule has 100 valence electrons. The fourth-order valence-corrected chi connectivity index (χ4v) is 2.25. The molecule has 19 heavy (non-hydrogen) atoms. The summed E-state index contributed by atoms with van der Waals surface area (Å²) in [6.45, 7) is 3.44. The monoisotopic (exact) mass is 372 g/mol. The summed E-state index contributed by atoms with van der Waals surface area (Å²) in [7, 11) is 0. The summed E-state index contributed by atoms with van der Waals surface area (Å²) < 4.78 is 2.63. The normalized spacial score (nSPS) is 14.1. The Morgan fingerprint density at radius 2 is 2.16 bits per heavy atom. The molecule has 0 amide bonds. The second-order valence-corrected chi connectivity index (χ2v) is 5.57. The molecule has 2 rings (SSSR count). The Morgan fingerprint density at radius 3 is 2.79 bits per heavy atom. The van der Waals surface area contributed by atoms with E-state index in [-0.39, 0.29) is 6.04 Å². The highest BCUT2D eigenvalue weighted by Gasteiger charge is 2.24. The molecule has 0 radical (unpaired) electrons. The van der Waals surface area contributed by atoms with Gasteiger partial charge in [0, 0.05) is 9.13 Å². The maximum Gasteiger partial charge on any atom is 0.308 e. The van der Waals surface area contributed by atoms with Crippen LogP contribution in [0.15, 0.2) is 24.3 Å². The van der Waals surface area contributed by atoms with Crippen molar-refractivity contribution >= 4 is 28.6 Å². The molecule has 2 unspecified atom stereocenters. The molecule has 1 aromatic carbocycles. The van der Waals surface area contributed by atoms with Gasteiger partial charge in [0.15, 0.2) is 5.82 Å². The molecule has 0 aliphatic carbocycles. The van der Waals surface area contributed by atoms with E-state index in [1.165, 1.54) is 0 Å². The third kappa shape index (κ3) is 2.91. The summed E-state index contributed by atoms with van der Waals surface area (Å²) in [6, 6.07) is 7.44. The Bertz CT molecular complexity index is 599. The van der Waals surface area contributed by atoms with Gasteiger partial charge in [-0.2, -0.15) is 0 Å². The van der Waals surface area contributed by atoms with Crippen molar-refractivity contribution in [1.29, 1.82) is 0 Å². The standard InChI is InChI=1S/C12H13IN4O2/c1-7(12(18)19)8(2)17-11(14-15-16-17)9-4-3-5-10(13)6-9/h3-8H,1-2H3,(H,18,19). The summed E-state index contributed by atoms with van der Waals surface area (Å²) in [5.41, 5.74) is 0.876. The molecule has 0 saturated carbocycles. The smallest absolute Gasteiger partial charge is 0.308 e. The molecule has 7 heteroatoms. The second-order valence-electron chi connectivity index (χ2n) is 4.32. The van der Waals surface area contributed by atoms with Gasteiger partial charge in [0.25, 0.3) is 0 Å². The molecule has 0 saturated heterocycles. The number of tetrazole rings is 1. The molecule has 0 spiro atoms. The molecule has 2 atom stereocenters. The minimum atomic E-state index is -0.864. The molecular weight excluding hydrogens is 359 g/mol. The largest absolute Gasteiger partial charge is 0.481 e. The minimum absolute atomic E-state index is 0.319. The number of carbonyl (C=O) groups is 1. The van der Waals surface area contributed by atoms with Crippen LogP contribution in [0.25, 0.3) is 11.4 Å². The number of benzene rings is 1. The van der Waals surface area contributed by atoms with Crippen LogP contribution in [0.5, 0.6) is 0 Å². The first-order valence-electron chi connectivity index (χ1n) is 5.77. The van der Waals surface area contributed by atoms with Gasteiger partial charge >= 0.3 is 5.97 Å². The van der Waals surface area contributed by atoms with Gasteiger partial charge in [0.1, 0.15) is 0 Å². The zero-order valence-electron chi connectivity index (χ0n) is 10.5. The van der Waals surface area contributed by atoms with E-state index in [0.717, 1.165) is 9.13 Å². The summed E-state index contributed by atoms with van der Waals surface area (Å²) >= 11 is 2.21. The van der Waals surface area contributed by atoms with E-state index in [1.54, 1.807) is 18.5 Å². The Labute approximate surface area is 124 Å². The summed E-state index contributed by atoms with van der Waals surface area (Å²) in [5, 5.41) is 20.6. The van der Waals surface area contributed by atoms with Crippen LogP contribution in [0.4, 0.5) is 0 Å². The van der Waals surface area contributed by atoms with Gasteiger partial charge in [0.05, 0.1) is 12.0 Å². The number of rotatable bonds is 4. The number of carboxylic acid groups (broad SMARTS) is 1. The SMILES string of the molecule is CC(C(=O)O)C(C)n1nnnc1-c1cccc(I)c1. The molecule has 6 nitrogen and oxygen atoms in total. The van der Waals surface area contributed by atoms with E-state index in [9.17, 15) is 4.79 Å². The molecule has 1 heterocycles. The van der Waals surface area contributed by atoms with E-state index < -0.39 is 11.9 Å². The third-order valence-electron chi connectivity index (χ3n) is 3.07. The number of aromatic nitrogens is 4. The molecule has 2 aromatic rings. The van der Waals surface area contributed by atoms with Crippen molar-refractivity contribution in [3.63, 3.8) is 0 Å². The molecule has 0 aliphatic heterocycles. The van der Waals surface area contributed by atoms with Crippen LogP contribution in [0.1, 0.15) is 19.9 Å². The van der Waals surface area contributed by atoms with Crippen molar-refractivity contribution in [2.24, 2.45) is 5.92 Å². The van der Waals surface area contributed by atoms with Crippen LogP contribution in [0, 0.1) is 9.49 Å². The van der Waals surface area contributed by atoms with Crippen LogP contribution >= 0.6 is 22.6 Å². The van der Waals surface area contributed by atoms with Crippen molar-refractivity contribution in [2.45, 2.75) is 19.9 Å². The summed E-state index contributed by atoms with van der Waals surface area (Å²) in [6.07, 6.45) is 0. The Balaban J connectivity index is 2.40. The van der Waals surface area contributed by atoms with Crippen LogP contribution in [-0.2, 0) is 4.79 Å². The van der Waals surface area contributed by atoms with Crippen molar-refractivity contribution in [1.82, 2.24) is 20.2 Å². The Hall–Kier alpha value is -1.51. The lowest BCUT2D eigenvalue weighted by Gasteiger charge is -2.17. The van der Waals surface area contributed by atoms with Gasteiger partial charge in [-0.25, -0.2) is 4.68 Å². The fraction of sp³-hybridized carbons (Fsp3) is 0.333. The predicted octanol–water partition coefficient (Wildman–Crippen LogP) is 2.23. The van der Waals surface area contributed by atoms with E-state index in [0.29, 0.717) is 5.82 Å². The van der Waals surface area contributed by atoms with E-state index in [4.69, 9.17) is 5.11 Å². The van der Waals surface area contributed by atoms with E-state index in [1.807, 2.05) is 24.3 Å². The number of halogens is 1. The van der Waals surface area contributed by atoms with Crippen molar-refractivity contribution < 1.29 is 9.90 Å². The van der Waals surface area contributed by atoms with Crippen molar-refractivity contribution in [3.05, 3.63) is 27.8 Å². The predicted molar refractivity (Wildman–Crippen MR) is 77.5 cm³/mol. The lowest BCUT2D eigenvalue weighted by atomic mass is 10.0. The molecule has 0 fully saturated rings. The van der Waals surface area contributed by atoms with Crippen LogP contribution in [0.3, 0.4) is 0 Å². The highest BCUT2D eigenvalue weighted by Crippen LogP contribution is 2.24.